The van der Waals surface area contributed by atoms with Crippen molar-refractivity contribution in [2.45, 2.75) is 26.6 Å². The first-order chi connectivity index (χ1) is 15.8. The molecule has 2 amide bonds. The first-order valence-electron chi connectivity index (χ1n) is 10.2. The number of methoxy groups -OCH3 is 1. The van der Waals surface area contributed by atoms with Crippen LogP contribution in [0.2, 0.25) is 5.15 Å². The number of nitrogens with one attached hydrogen (secondary N) is 2. The van der Waals surface area contributed by atoms with Gasteiger partial charge in [-0.15, -0.1) is 0 Å². The Morgan fingerprint density at radius 1 is 1.21 bits per heavy atom. The van der Waals surface area contributed by atoms with Crippen molar-refractivity contribution in [1.82, 2.24) is 25.2 Å². The summed E-state index contributed by atoms with van der Waals surface area (Å²) in [6, 6.07) is 5.55. The summed E-state index contributed by atoms with van der Waals surface area (Å²) in [4.78, 5) is 33.0. The summed E-state index contributed by atoms with van der Waals surface area (Å²) in [6.07, 6.45) is 0. The van der Waals surface area contributed by atoms with Crippen LogP contribution in [0.25, 0.3) is 11.0 Å². The second-order valence-corrected chi connectivity index (χ2v) is 7.41. The van der Waals surface area contributed by atoms with E-state index in [1.807, 2.05) is 34.3 Å². The quantitative estimate of drug-likeness (QED) is 0.258. The minimum absolute atomic E-state index is 0.0384. The number of halogens is 1. The van der Waals surface area contributed by atoms with Gasteiger partial charge < -0.3 is 32.6 Å². The first-order valence-corrected chi connectivity index (χ1v) is 10.6. The van der Waals surface area contributed by atoms with Crippen LogP contribution in [0.3, 0.4) is 0 Å². The van der Waals surface area contributed by atoms with E-state index in [1.165, 1.54) is 0 Å². The number of ether oxygens (including phenoxy) is 1. The van der Waals surface area contributed by atoms with E-state index >= 15 is 0 Å². The van der Waals surface area contributed by atoms with Gasteiger partial charge in [-0.2, -0.15) is 0 Å². The monoisotopic (exact) mass is 476 g/mol. The van der Waals surface area contributed by atoms with Gasteiger partial charge in [0.1, 0.15) is 12.3 Å². The molecule has 0 saturated carbocycles. The molecule has 0 saturated heterocycles. The zero-order valence-electron chi connectivity index (χ0n) is 18.4. The number of anilines is 2. The SMILES string of the molecule is CCn1c(CNC(=O)c2nc(Cl)c(N)nc2N)[n+](CC(=O)NCCN)c2ccc(OC)cc21. The van der Waals surface area contributed by atoms with Crippen LogP contribution < -0.4 is 37.1 Å². The fourth-order valence-corrected chi connectivity index (χ4v) is 3.61. The van der Waals surface area contributed by atoms with E-state index in [0.717, 1.165) is 11.0 Å². The van der Waals surface area contributed by atoms with Gasteiger partial charge in [-0.3, -0.25) is 9.59 Å². The molecule has 3 aromatic rings. The van der Waals surface area contributed by atoms with Crippen LogP contribution in [0.1, 0.15) is 23.2 Å². The molecular formula is C20H27ClN9O3+. The zero-order chi connectivity index (χ0) is 24.1. The Labute approximate surface area is 195 Å². The van der Waals surface area contributed by atoms with E-state index in [9.17, 15) is 9.59 Å². The first kappa shape index (κ1) is 24.0. The van der Waals surface area contributed by atoms with Crippen LogP contribution in [0.5, 0.6) is 5.75 Å². The van der Waals surface area contributed by atoms with Crippen LogP contribution in [0.4, 0.5) is 11.6 Å². The molecule has 8 N–H and O–H groups in total. The van der Waals surface area contributed by atoms with Gasteiger partial charge in [-0.05, 0) is 19.1 Å². The van der Waals surface area contributed by atoms with Crippen molar-refractivity contribution in [3.63, 3.8) is 0 Å². The average molecular weight is 477 g/mol. The van der Waals surface area contributed by atoms with Gasteiger partial charge in [-0.25, -0.2) is 19.1 Å². The number of fused-ring (bicyclic) bond motifs is 1. The minimum Gasteiger partial charge on any atom is -0.497 e. The lowest BCUT2D eigenvalue weighted by molar-refractivity contribution is -0.667. The molecule has 0 fully saturated rings. The number of rotatable bonds is 9. The molecule has 0 spiro atoms. The van der Waals surface area contributed by atoms with Crippen molar-refractivity contribution in [3.8, 4) is 5.75 Å². The topological polar surface area (TPSA) is 180 Å². The molecule has 12 nitrogen and oxygen atoms in total. The largest absolute Gasteiger partial charge is 0.497 e. The Bertz CT molecular complexity index is 1200. The van der Waals surface area contributed by atoms with E-state index in [0.29, 0.717) is 31.2 Å². The van der Waals surface area contributed by atoms with Gasteiger partial charge in [0.2, 0.25) is 0 Å². The molecule has 1 aromatic carbocycles. The Morgan fingerprint density at radius 3 is 2.64 bits per heavy atom. The summed E-state index contributed by atoms with van der Waals surface area (Å²) >= 11 is 5.89. The number of amides is 2. The number of aryl methyl sites for hydroxylation is 1. The number of carbonyl (C=O) groups excluding carboxylic acids is 2. The summed E-state index contributed by atoms with van der Waals surface area (Å²) in [6.45, 7) is 3.36. The van der Waals surface area contributed by atoms with E-state index < -0.39 is 5.91 Å². The highest BCUT2D eigenvalue weighted by molar-refractivity contribution is 6.31. The number of nitrogens with two attached hydrogens (primary N) is 3. The summed E-state index contributed by atoms with van der Waals surface area (Å²) in [5.74, 6) is 0.377. The molecule has 13 heteroatoms. The number of hydrogen-bond donors (Lipinski definition) is 5. The van der Waals surface area contributed by atoms with Crippen LogP contribution in [0.15, 0.2) is 18.2 Å². The lowest BCUT2D eigenvalue weighted by Gasteiger charge is -2.08. The van der Waals surface area contributed by atoms with E-state index in [4.69, 9.17) is 33.5 Å². The number of aromatic nitrogens is 4. The highest BCUT2D eigenvalue weighted by Gasteiger charge is 2.27. The summed E-state index contributed by atoms with van der Waals surface area (Å²) in [5, 5.41) is 5.43. The van der Waals surface area contributed by atoms with E-state index in [1.54, 1.807) is 7.11 Å². The average Bonchev–Trinajstić information content (AvgIpc) is 3.09. The second-order valence-electron chi connectivity index (χ2n) is 7.06. The maximum Gasteiger partial charge on any atom is 0.277 e. The Morgan fingerprint density at radius 2 is 1.97 bits per heavy atom. The second kappa shape index (κ2) is 10.3. The number of nitrogen functional groups attached to an aromatic ring is 2. The number of carbonyl (C=O) groups is 2. The molecule has 176 valence electrons. The van der Waals surface area contributed by atoms with Gasteiger partial charge in [0.05, 0.1) is 13.7 Å². The van der Waals surface area contributed by atoms with Gasteiger partial charge in [0.25, 0.3) is 17.6 Å². The molecule has 0 radical (unpaired) electrons. The lowest BCUT2D eigenvalue weighted by atomic mass is 10.3. The summed E-state index contributed by atoms with van der Waals surface area (Å²) in [7, 11) is 1.58. The zero-order valence-corrected chi connectivity index (χ0v) is 19.1. The van der Waals surface area contributed by atoms with E-state index in [-0.39, 0.29) is 41.5 Å². The molecule has 2 heterocycles. The lowest BCUT2D eigenvalue weighted by Crippen LogP contribution is -2.47. The van der Waals surface area contributed by atoms with Crippen LogP contribution in [0, 0.1) is 0 Å². The van der Waals surface area contributed by atoms with Gasteiger partial charge in [0.15, 0.2) is 40.1 Å². The normalized spacial score (nSPS) is 10.9. The fourth-order valence-electron chi connectivity index (χ4n) is 3.48. The van der Waals surface area contributed by atoms with Crippen molar-refractivity contribution in [1.29, 1.82) is 0 Å². The molecule has 3 rings (SSSR count). The predicted octanol–water partition coefficient (Wildman–Crippen LogP) is -0.430. The number of imidazole rings is 1. The third-order valence-electron chi connectivity index (χ3n) is 5.00. The smallest absolute Gasteiger partial charge is 0.277 e. The standard InChI is InChI=1S/C20H26ClN9O3/c1-3-29-13-8-11(33-2)4-5-12(13)30(10-14(31)25-7-6-22)15(29)9-26-20(32)16-18(23)28-19(24)17(21)27-16/h4-5,8H,3,6-7,9-10,22H2,1-2H3,(H5-,23,24,25,26,28,31,32)/p+1. The van der Waals surface area contributed by atoms with Crippen molar-refractivity contribution in [2.75, 3.05) is 31.7 Å². The van der Waals surface area contributed by atoms with Crippen LogP contribution in [-0.2, 0) is 24.4 Å². The Kier molecular flexibility index (Phi) is 7.51. The van der Waals surface area contributed by atoms with Crippen molar-refractivity contribution in [2.24, 2.45) is 5.73 Å². The van der Waals surface area contributed by atoms with Crippen molar-refractivity contribution < 1.29 is 18.9 Å². The van der Waals surface area contributed by atoms with Gasteiger partial charge >= 0.3 is 0 Å². The molecule has 33 heavy (non-hydrogen) atoms. The van der Waals surface area contributed by atoms with E-state index in [2.05, 4.69) is 20.6 Å². The predicted molar refractivity (Wildman–Crippen MR) is 123 cm³/mol. The highest BCUT2D eigenvalue weighted by Crippen LogP contribution is 2.22. The van der Waals surface area contributed by atoms with Crippen molar-refractivity contribution >= 4 is 46.1 Å². The molecule has 0 atom stereocenters. The maximum absolute atomic E-state index is 12.8. The van der Waals surface area contributed by atoms with Crippen LogP contribution >= 0.6 is 11.6 Å². The molecule has 0 bridgehead atoms. The molecule has 0 unspecified atom stereocenters. The fraction of sp³-hybridized carbons (Fsp3) is 0.350. The maximum atomic E-state index is 12.8. The molecule has 2 aromatic heterocycles. The summed E-state index contributed by atoms with van der Waals surface area (Å²) < 4.78 is 9.17. The van der Waals surface area contributed by atoms with Gasteiger partial charge in [-0.1, -0.05) is 11.6 Å². The summed E-state index contributed by atoms with van der Waals surface area (Å²) in [5.41, 5.74) is 18.4. The Hall–Kier alpha value is -3.64. The molecule has 0 aliphatic carbocycles. The molecular weight excluding hydrogens is 450 g/mol. The number of benzene rings is 1. The Balaban J connectivity index is 1.99. The van der Waals surface area contributed by atoms with Crippen LogP contribution in [-0.4, -0.2) is 46.5 Å². The third kappa shape index (κ3) is 5.07. The number of hydrogen-bond acceptors (Lipinski definition) is 8. The van der Waals surface area contributed by atoms with Gasteiger partial charge in [0, 0.05) is 19.2 Å². The van der Waals surface area contributed by atoms with Crippen molar-refractivity contribution in [3.05, 3.63) is 34.9 Å². The highest BCUT2D eigenvalue weighted by atomic mass is 35.5. The third-order valence-corrected chi connectivity index (χ3v) is 5.28. The molecule has 0 aliphatic rings. The minimum atomic E-state index is -0.577. The number of nitrogens with zero attached hydrogens (tertiary/aromatic N) is 4. The molecule has 0 aliphatic heterocycles.